The van der Waals surface area contributed by atoms with E-state index in [0.717, 1.165) is 22.6 Å². The summed E-state index contributed by atoms with van der Waals surface area (Å²) >= 11 is 0. The fraction of sp³-hybridized carbons (Fsp3) is 0.250. The molecule has 2 aromatic rings. The molecule has 2 aromatic carbocycles. The Morgan fingerprint density at radius 2 is 2.14 bits per heavy atom. The van der Waals surface area contributed by atoms with Crippen molar-refractivity contribution in [3.63, 3.8) is 0 Å². The van der Waals surface area contributed by atoms with Crippen LogP contribution in [0.2, 0.25) is 0 Å². The summed E-state index contributed by atoms with van der Waals surface area (Å²) in [5, 5.41) is 9.58. The standard InChI is InChI=1S/C16H18N2O3/c1-18(14-3-2-4-15(19)7-14)8-11-5-13(17)6-12-9-20-10-21-16(11)12/h2-7,19H,8-10,17H2,1H3. The molecule has 0 unspecified atom stereocenters. The van der Waals surface area contributed by atoms with Crippen molar-refractivity contribution in [2.75, 3.05) is 24.5 Å². The van der Waals surface area contributed by atoms with Crippen molar-refractivity contribution in [1.82, 2.24) is 0 Å². The van der Waals surface area contributed by atoms with Crippen molar-refractivity contribution >= 4 is 11.4 Å². The lowest BCUT2D eigenvalue weighted by molar-refractivity contribution is -0.0169. The van der Waals surface area contributed by atoms with Gasteiger partial charge in [0.1, 0.15) is 11.5 Å². The summed E-state index contributed by atoms with van der Waals surface area (Å²) in [7, 11) is 1.96. The minimum absolute atomic E-state index is 0.249. The van der Waals surface area contributed by atoms with E-state index in [2.05, 4.69) is 0 Å². The first kappa shape index (κ1) is 13.6. The molecule has 3 N–H and O–H groups in total. The van der Waals surface area contributed by atoms with E-state index < -0.39 is 0 Å². The van der Waals surface area contributed by atoms with Crippen molar-refractivity contribution in [1.29, 1.82) is 0 Å². The summed E-state index contributed by atoms with van der Waals surface area (Å²) in [6.45, 7) is 1.42. The average molecular weight is 286 g/mol. The largest absolute Gasteiger partial charge is 0.508 e. The second kappa shape index (κ2) is 5.54. The fourth-order valence-corrected chi connectivity index (χ4v) is 2.52. The maximum atomic E-state index is 9.58. The van der Waals surface area contributed by atoms with Gasteiger partial charge in [-0.15, -0.1) is 0 Å². The molecule has 0 bridgehead atoms. The molecule has 110 valence electrons. The maximum Gasteiger partial charge on any atom is 0.189 e. The van der Waals surface area contributed by atoms with Gasteiger partial charge in [0.25, 0.3) is 0 Å². The first-order valence-electron chi connectivity index (χ1n) is 6.75. The molecule has 0 saturated heterocycles. The molecular weight excluding hydrogens is 268 g/mol. The highest BCUT2D eigenvalue weighted by molar-refractivity contribution is 5.56. The number of hydrogen-bond donors (Lipinski definition) is 2. The molecule has 5 nitrogen and oxygen atoms in total. The summed E-state index contributed by atoms with van der Waals surface area (Å²) in [5.74, 6) is 1.10. The maximum absolute atomic E-state index is 9.58. The molecule has 1 aliphatic heterocycles. The Morgan fingerprint density at radius 1 is 1.29 bits per heavy atom. The van der Waals surface area contributed by atoms with Gasteiger partial charge in [-0.3, -0.25) is 0 Å². The summed E-state index contributed by atoms with van der Waals surface area (Å²) in [6, 6.07) is 10.9. The first-order valence-corrected chi connectivity index (χ1v) is 6.75. The van der Waals surface area contributed by atoms with Crippen LogP contribution in [0, 0.1) is 0 Å². The highest BCUT2D eigenvalue weighted by Crippen LogP contribution is 2.32. The third-order valence-corrected chi connectivity index (χ3v) is 3.49. The molecular formula is C16H18N2O3. The van der Waals surface area contributed by atoms with E-state index in [1.807, 2.05) is 36.2 Å². The molecule has 0 aromatic heterocycles. The number of aromatic hydroxyl groups is 1. The average Bonchev–Trinajstić information content (AvgIpc) is 2.47. The van der Waals surface area contributed by atoms with Crippen molar-refractivity contribution in [3.8, 4) is 11.5 Å². The monoisotopic (exact) mass is 286 g/mol. The number of nitrogens with zero attached hydrogens (tertiary/aromatic N) is 1. The molecule has 0 aliphatic carbocycles. The predicted octanol–water partition coefficient (Wildman–Crippen LogP) is 2.48. The van der Waals surface area contributed by atoms with Crippen LogP contribution >= 0.6 is 0 Å². The van der Waals surface area contributed by atoms with Gasteiger partial charge in [0.2, 0.25) is 0 Å². The molecule has 1 heterocycles. The van der Waals surface area contributed by atoms with Crippen LogP contribution in [-0.2, 0) is 17.9 Å². The van der Waals surface area contributed by atoms with Gasteiger partial charge in [0, 0.05) is 42.2 Å². The van der Waals surface area contributed by atoms with Gasteiger partial charge in [-0.2, -0.15) is 0 Å². The SMILES string of the molecule is CN(Cc1cc(N)cc2c1OCOC2)c1cccc(O)c1. The molecule has 0 atom stereocenters. The van der Waals surface area contributed by atoms with E-state index in [1.54, 1.807) is 12.1 Å². The first-order chi connectivity index (χ1) is 10.1. The number of fused-ring (bicyclic) bond motifs is 1. The zero-order valence-electron chi connectivity index (χ0n) is 11.9. The molecule has 0 amide bonds. The van der Waals surface area contributed by atoms with E-state index in [9.17, 15) is 5.11 Å². The molecule has 1 aliphatic rings. The second-order valence-corrected chi connectivity index (χ2v) is 5.15. The highest BCUT2D eigenvalue weighted by Gasteiger charge is 2.17. The number of anilines is 2. The second-order valence-electron chi connectivity index (χ2n) is 5.15. The van der Waals surface area contributed by atoms with Crippen LogP contribution < -0.4 is 15.4 Å². The van der Waals surface area contributed by atoms with Gasteiger partial charge < -0.3 is 25.2 Å². The normalized spacial score (nSPS) is 13.4. The van der Waals surface area contributed by atoms with Crippen LogP contribution in [0.3, 0.4) is 0 Å². The van der Waals surface area contributed by atoms with Gasteiger partial charge in [-0.25, -0.2) is 0 Å². The molecule has 0 saturated carbocycles. The van der Waals surface area contributed by atoms with Crippen LogP contribution in [0.25, 0.3) is 0 Å². The number of hydrogen-bond acceptors (Lipinski definition) is 5. The van der Waals surface area contributed by atoms with E-state index >= 15 is 0 Å². The number of nitrogen functional groups attached to an aromatic ring is 1. The van der Waals surface area contributed by atoms with Crippen molar-refractivity contribution in [2.45, 2.75) is 13.2 Å². The Morgan fingerprint density at radius 3 is 2.95 bits per heavy atom. The zero-order chi connectivity index (χ0) is 14.8. The van der Waals surface area contributed by atoms with Crippen LogP contribution in [0.1, 0.15) is 11.1 Å². The number of phenolic OH excluding ortho intramolecular Hbond substituents is 1. The quantitative estimate of drug-likeness (QED) is 0.848. The summed E-state index contributed by atoms with van der Waals surface area (Å²) < 4.78 is 10.9. The Kier molecular flexibility index (Phi) is 3.58. The Labute approximate surface area is 123 Å². The molecule has 21 heavy (non-hydrogen) atoms. The molecule has 5 heteroatoms. The van der Waals surface area contributed by atoms with Gasteiger partial charge in [0.15, 0.2) is 6.79 Å². The molecule has 0 fully saturated rings. The summed E-state index contributed by atoms with van der Waals surface area (Å²) in [5.41, 5.74) is 9.56. The zero-order valence-corrected chi connectivity index (χ0v) is 11.9. The predicted molar refractivity (Wildman–Crippen MR) is 81.4 cm³/mol. The molecule has 3 rings (SSSR count). The third-order valence-electron chi connectivity index (χ3n) is 3.49. The number of phenols is 1. The number of benzene rings is 2. The van der Waals surface area contributed by atoms with Crippen LogP contribution in [0.15, 0.2) is 36.4 Å². The van der Waals surface area contributed by atoms with Gasteiger partial charge in [-0.05, 0) is 24.3 Å². The summed E-state index contributed by atoms with van der Waals surface area (Å²) in [6.07, 6.45) is 0. The Hall–Kier alpha value is -2.40. The van der Waals surface area contributed by atoms with E-state index in [0.29, 0.717) is 18.8 Å². The number of nitrogens with two attached hydrogens (primary N) is 1. The van der Waals surface area contributed by atoms with Crippen LogP contribution in [0.5, 0.6) is 11.5 Å². The van der Waals surface area contributed by atoms with E-state index in [1.165, 1.54) is 0 Å². The molecule has 0 spiro atoms. The van der Waals surface area contributed by atoms with Crippen molar-refractivity contribution in [3.05, 3.63) is 47.5 Å². The Bertz CT molecular complexity index is 658. The smallest absolute Gasteiger partial charge is 0.189 e. The topological polar surface area (TPSA) is 68.0 Å². The van der Waals surface area contributed by atoms with Crippen LogP contribution in [0.4, 0.5) is 11.4 Å². The molecule has 0 radical (unpaired) electrons. The Balaban J connectivity index is 1.89. The highest BCUT2D eigenvalue weighted by atomic mass is 16.7. The lowest BCUT2D eigenvalue weighted by atomic mass is 10.1. The van der Waals surface area contributed by atoms with Gasteiger partial charge in [0.05, 0.1) is 6.61 Å². The van der Waals surface area contributed by atoms with Crippen LogP contribution in [-0.4, -0.2) is 18.9 Å². The van der Waals surface area contributed by atoms with E-state index in [4.69, 9.17) is 15.2 Å². The number of ether oxygens (including phenoxy) is 2. The minimum Gasteiger partial charge on any atom is -0.508 e. The fourth-order valence-electron chi connectivity index (χ4n) is 2.52. The third kappa shape index (κ3) is 2.87. The van der Waals surface area contributed by atoms with E-state index in [-0.39, 0.29) is 12.5 Å². The van der Waals surface area contributed by atoms with Crippen molar-refractivity contribution < 1.29 is 14.6 Å². The van der Waals surface area contributed by atoms with Gasteiger partial charge in [-0.1, -0.05) is 6.07 Å². The lowest BCUT2D eigenvalue weighted by Gasteiger charge is -2.25. The van der Waals surface area contributed by atoms with Gasteiger partial charge >= 0.3 is 0 Å². The minimum atomic E-state index is 0.249. The van der Waals surface area contributed by atoms with Crippen molar-refractivity contribution in [2.24, 2.45) is 0 Å². The lowest BCUT2D eigenvalue weighted by Crippen LogP contribution is -2.20. The number of rotatable bonds is 3. The summed E-state index contributed by atoms with van der Waals surface area (Å²) in [4.78, 5) is 2.04.